The second-order valence-electron chi connectivity index (χ2n) is 9.70. The van der Waals surface area contributed by atoms with Crippen LogP contribution in [-0.2, 0) is 21.1 Å². The van der Waals surface area contributed by atoms with Crippen LogP contribution in [0.15, 0.2) is 42.6 Å². The van der Waals surface area contributed by atoms with E-state index >= 15 is 0 Å². The van der Waals surface area contributed by atoms with E-state index in [-0.39, 0.29) is 12.6 Å². The van der Waals surface area contributed by atoms with Crippen molar-refractivity contribution in [3.63, 3.8) is 0 Å². The van der Waals surface area contributed by atoms with E-state index in [4.69, 9.17) is 14.3 Å². The number of hydrogen-bond acceptors (Lipinski definition) is 6. The average molecular weight is 501 g/mol. The monoisotopic (exact) mass is 500 g/mol. The van der Waals surface area contributed by atoms with Crippen LogP contribution in [-0.4, -0.2) is 68.1 Å². The number of aromatic nitrogens is 2. The predicted octanol–water partition coefficient (Wildman–Crippen LogP) is 3.71. The Balaban J connectivity index is 1.92. The van der Waals surface area contributed by atoms with Gasteiger partial charge in [-0.25, -0.2) is 9.75 Å². The highest BCUT2D eigenvalue weighted by molar-refractivity contribution is 6.76. The van der Waals surface area contributed by atoms with Gasteiger partial charge in [0.2, 0.25) is 0 Å². The van der Waals surface area contributed by atoms with Crippen molar-refractivity contribution in [2.24, 2.45) is 0 Å². The number of carbonyl (C=O) groups excluding carboxylic acids is 2. The second-order valence-corrected chi connectivity index (χ2v) is 15.3. The third-order valence-electron chi connectivity index (χ3n) is 5.61. The van der Waals surface area contributed by atoms with Crippen LogP contribution >= 0.6 is 0 Å². The lowest BCUT2D eigenvalue weighted by atomic mass is 10.1. The molecule has 1 aromatic carbocycles. The Morgan fingerprint density at radius 3 is 2.86 bits per heavy atom. The third-order valence-corrected chi connectivity index (χ3v) is 7.32. The van der Waals surface area contributed by atoms with Crippen molar-refractivity contribution >= 4 is 19.9 Å². The van der Waals surface area contributed by atoms with Gasteiger partial charge in [-0.2, -0.15) is 5.10 Å². The summed E-state index contributed by atoms with van der Waals surface area (Å²) in [5, 5.41) is 8.64. The number of fused-ring (bicyclic) bond motifs is 4. The van der Waals surface area contributed by atoms with Crippen molar-refractivity contribution < 1.29 is 23.9 Å². The van der Waals surface area contributed by atoms with E-state index in [1.54, 1.807) is 10.9 Å². The molecule has 2 heterocycles. The highest BCUT2D eigenvalue weighted by atomic mass is 28.3. The van der Waals surface area contributed by atoms with Crippen molar-refractivity contribution in [2.45, 2.75) is 51.3 Å². The number of rotatable bonds is 7. The zero-order valence-electron chi connectivity index (χ0n) is 21.2. The molecule has 10 heteroatoms. The minimum Gasteiger partial charge on any atom is -0.493 e. The maximum absolute atomic E-state index is 13.4. The Labute approximate surface area is 208 Å². The van der Waals surface area contributed by atoms with E-state index in [9.17, 15) is 9.59 Å². The summed E-state index contributed by atoms with van der Waals surface area (Å²) in [5.74, 6) is -0.0394. The third kappa shape index (κ3) is 7.77. The van der Waals surface area contributed by atoms with Gasteiger partial charge in [0.25, 0.3) is 11.8 Å². The first kappa shape index (κ1) is 26.6. The van der Waals surface area contributed by atoms with Crippen molar-refractivity contribution in [2.75, 3.05) is 27.4 Å². The number of nitrogens with zero attached hydrogens (tertiary/aromatic N) is 3. The highest BCUT2D eigenvalue weighted by Gasteiger charge is 2.27. The molecule has 0 saturated heterocycles. The SMILES string of the molecule is CON(C)C(=O)[C@@H]1CC=CCCOc2cccc(c2)-c2nn(COCC[Si](C)(C)C)cc2C(=O)N1. The number of hydroxylamine groups is 2. The smallest absolute Gasteiger partial charge is 0.268 e. The molecule has 0 radical (unpaired) electrons. The number of nitrogens with one attached hydrogen (secondary N) is 1. The van der Waals surface area contributed by atoms with Gasteiger partial charge in [0.05, 0.1) is 19.3 Å². The number of benzene rings is 1. The quantitative estimate of drug-likeness (QED) is 0.270. The van der Waals surface area contributed by atoms with Crippen LogP contribution in [0.5, 0.6) is 5.75 Å². The topological polar surface area (TPSA) is 94.9 Å². The summed E-state index contributed by atoms with van der Waals surface area (Å²) in [6.07, 6.45) is 6.47. The Bertz CT molecular complexity index is 1050. The van der Waals surface area contributed by atoms with Crippen LogP contribution in [0, 0.1) is 0 Å². The summed E-state index contributed by atoms with van der Waals surface area (Å²) in [4.78, 5) is 31.3. The molecule has 0 fully saturated rings. The first-order valence-corrected chi connectivity index (χ1v) is 15.5. The molecule has 1 atom stereocenters. The number of amides is 2. The van der Waals surface area contributed by atoms with Gasteiger partial charge in [-0.15, -0.1) is 0 Å². The number of hydrogen-bond donors (Lipinski definition) is 1. The van der Waals surface area contributed by atoms with Gasteiger partial charge in [-0.3, -0.25) is 14.4 Å². The molecule has 2 bridgehead atoms. The van der Waals surface area contributed by atoms with E-state index in [1.165, 1.54) is 14.2 Å². The molecule has 0 aliphatic carbocycles. The maximum Gasteiger partial charge on any atom is 0.268 e. The first-order valence-electron chi connectivity index (χ1n) is 11.8. The zero-order chi connectivity index (χ0) is 25.4. The van der Waals surface area contributed by atoms with Crippen LogP contribution in [0.1, 0.15) is 23.2 Å². The summed E-state index contributed by atoms with van der Waals surface area (Å²) in [6.45, 7) is 8.26. The second kappa shape index (κ2) is 12.1. The van der Waals surface area contributed by atoms with Gasteiger partial charge in [-0.05, 0) is 31.0 Å². The zero-order valence-corrected chi connectivity index (χ0v) is 22.2. The lowest BCUT2D eigenvalue weighted by molar-refractivity contribution is -0.170. The number of ether oxygens (including phenoxy) is 2. The van der Waals surface area contributed by atoms with Crippen molar-refractivity contribution in [1.82, 2.24) is 20.2 Å². The molecule has 1 N–H and O–H groups in total. The molecular formula is C25H36N4O5Si. The molecule has 9 nitrogen and oxygen atoms in total. The Morgan fingerprint density at radius 1 is 1.31 bits per heavy atom. The molecule has 190 valence electrons. The van der Waals surface area contributed by atoms with Gasteiger partial charge < -0.3 is 14.8 Å². The Hall–Kier alpha value is -2.95. The maximum atomic E-state index is 13.4. The summed E-state index contributed by atoms with van der Waals surface area (Å²) in [5.41, 5.74) is 1.61. The van der Waals surface area contributed by atoms with Crippen molar-refractivity contribution in [1.29, 1.82) is 0 Å². The first-order chi connectivity index (χ1) is 16.7. The minimum atomic E-state index is -1.21. The molecule has 1 aromatic heterocycles. The van der Waals surface area contributed by atoms with Crippen LogP contribution in [0.2, 0.25) is 25.7 Å². The van der Waals surface area contributed by atoms with Gasteiger partial charge in [0.15, 0.2) is 0 Å². The highest BCUT2D eigenvalue weighted by Crippen LogP contribution is 2.26. The number of carbonyl (C=O) groups is 2. The van der Waals surface area contributed by atoms with E-state index in [0.717, 1.165) is 16.7 Å². The largest absolute Gasteiger partial charge is 0.493 e. The average Bonchev–Trinajstić information content (AvgIpc) is 3.25. The van der Waals surface area contributed by atoms with Gasteiger partial charge in [0, 0.05) is 33.5 Å². The molecule has 1 aliphatic heterocycles. The molecule has 1 aliphatic rings. The van der Waals surface area contributed by atoms with Crippen molar-refractivity contribution in [3.05, 3.63) is 48.2 Å². The summed E-state index contributed by atoms with van der Waals surface area (Å²) in [6, 6.07) is 7.75. The van der Waals surface area contributed by atoms with E-state index < -0.39 is 20.0 Å². The Kier molecular flexibility index (Phi) is 9.24. The minimum absolute atomic E-state index is 0.235. The van der Waals surface area contributed by atoms with Gasteiger partial charge in [0.1, 0.15) is 24.2 Å². The number of likely N-dealkylation sites (N-methyl/N-ethyl adjacent to an activating group) is 1. The molecular weight excluding hydrogens is 464 g/mol. The Morgan fingerprint density at radius 2 is 2.11 bits per heavy atom. The van der Waals surface area contributed by atoms with Crippen molar-refractivity contribution in [3.8, 4) is 17.0 Å². The predicted molar refractivity (Wildman–Crippen MR) is 137 cm³/mol. The van der Waals surface area contributed by atoms with Gasteiger partial charge >= 0.3 is 0 Å². The molecule has 35 heavy (non-hydrogen) atoms. The fourth-order valence-corrected chi connectivity index (χ4v) is 4.26. The van der Waals surface area contributed by atoms with E-state index in [1.807, 2.05) is 36.4 Å². The summed E-state index contributed by atoms with van der Waals surface area (Å²) in [7, 11) is 1.71. The van der Waals surface area contributed by atoms with E-state index in [2.05, 4.69) is 30.1 Å². The van der Waals surface area contributed by atoms with E-state index in [0.29, 0.717) is 43.1 Å². The molecule has 2 amide bonds. The van der Waals surface area contributed by atoms with Gasteiger partial charge in [-0.1, -0.05) is 43.9 Å². The van der Waals surface area contributed by atoms with Crippen LogP contribution in [0.25, 0.3) is 11.3 Å². The van der Waals surface area contributed by atoms with Crippen LogP contribution in [0.4, 0.5) is 0 Å². The molecule has 3 rings (SSSR count). The molecule has 0 saturated carbocycles. The summed E-state index contributed by atoms with van der Waals surface area (Å²) < 4.78 is 13.3. The van der Waals surface area contributed by atoms with Crippen LogP contribution < -0.4 is 10.1 Å². The fourth-order valence-electron chi connectivity index (χ4n) is 3.50. The standard InChI is InChI=1S/C25H36N4O5Si/c1-28(32-2)25(31)22-12-7-6-8-13-34-20-11-9-10-19(16-20)23-21(24(30)26-22)17-29(27-23)18-33-14-15-35(3,4)5/h6-7,9-11,16-17,22H,8,12-15,18H2,1-5H3,(H,26,30)/t22-/m0/s1. The summed E-state index contributed by atoms with van der Waals surface area (Å²) >= 11 is 0. The molecule has 2 aromatic rings. The normalized spacial score (nSPS) is 16.6. The fraction of sp³-hybridized carbons (Fsp3) is 0.480. The van der Waals surface area contributed by atoms with Crippen LogP contribution in [0.3, 0.4) is 0 Å². The lowest BCUT2D eigenvalue weighted by Gasteiger charge is -2.22. The molecule has 0 unspecified atom stereocenters. The molecule has 0 spiro atoms. The lowest BCUT2D eigenvalue weighted by Crippen LogP contribution is -2.46.